The van der Waals surface area contributed by atoms with Gasteiger partial charge in [0.2, 0.25) is 0 Å². The lowest BCUT2D eigenvalue weighted by Gasteiger charge is -2.36. The smallest absolute Gasteiger partial charge is 0.338 e. The highest BCUT2D eigenvalue weighted by Gasteiger charge is 2.38. The van der Waals surface area contributed by atoms with Crippen molar-refractivity contribution in [3.05, 3.63) is 65.0 Å². The van der Waals surface area contributed by atoms with Crippen LogP contribution in [0, 0.1) is 0 Å². The highest BCUT2D eigenvalue weighted by Crippen LogP contribution is 2.38. The highest BCUT2D eigenvalue weighted by molar-refractivity contribution is 6.74. The maximum Gasteiger partial charge on any atom is 0.338 e. The van der Waals surface area contributed by atoms with Gasteiger partial charge in [-0.1, -0.05) is 71.9 Å². The lowest BCUT2D eigenvalue weighted by molar-refractivity contribution is 0.0472. The average Bonchev–Trinajstić information content (AvgIpc) is 2.74. The summed E-state index contributed by atoms with van der Waals surface area (Å²) in [5, 5.41) is 0.182. The van der Waals surface area contributed by atoms with E-state index in [1.807, 2.05) is 30.3 Å². The zero-order valence-electron chi connectivity index (χ0n) is 22.7. The summed E-state index contributed by atoms with van der Waals surface area (Å²) in [6, 6.07) is 13.3. The molecule has 34 heavy (non-hydrogen) atoms. The van der Waals surface area contributed by atoms with E-state index >= 15 is 0 Å². The molecule has 0 spiro atoms. The standard InChI is InChI=1S/C27H43NO4Si2/c1-26(2,3)33(7,8)31-19-23-16-22(25(29)30-18-21-14-12-11-13-15-21)17-24(28-23)20-32-34(9,10)27(4,5)6/h11-17H,18-20H2,1-10H3. The van der Waals surface area contributed by atoms with Gasteiger partial charge >= 0.3 is 5.97 Å². The first kappa shape index (κ1) is 28.4. The van der Waals surface area contributed by atoms with Gasteiger partial charge in [0.05, 0.1) is 30.2 Å². The first-order chi connectivity index (χ1) is 15.5. The average molecular weight is 502 g/mol. The van der Waals surface area contributed by atoms with Crippen LogP contribution < -0.4 is 0 Å². The van der Waals surface area contributed by atoms with Crippen molar-refractivity contribution in [1.82, 2.24) is 4.98 Å². The minimum absolute atomic E-state index is 0.0908. The third kappa shape index (κ3) is 7.87. The first-order valence-electron chi connectivity index (χ1n) is 12.0. The molecule has 2 aromatic rings. The molecule has 188 valence electrons. The highest BCUT2D eigenvalue weighted by atomic mass is 28.4. The van der Waals surface area contributed by atoms with E-state index in [-0.39, 0.29) is 22.7 Å². The molecule has 7 heteroatoms. The molecule has 0 unspecified atom stereocenters. The minimum Gasteiger partial charge on any atom is -0.457 e. The van der Waals surface area contributed by atoms with Crippen LogP contribution in [0.15, 0.2) is 42.5 Å². The molecule has 5 nitrogen and oxygen atoms in total. The number of carbonyl (C=O) groups excluding carboxylic acids is 1. The lowest BCUT2D eigenvalue weighted by Crippen LogP contribution is -2.41. The fourth-order valence-electron chi connectivity index (χ4n) is 2.66. The molecule has 1 aromatic heterocycles. The Bertz CT molecular complexity index is 913. The van der Waals surface area contributed by atoms with Crippen LogP contribution >= 0.6 is 0 Å². The van der Waals surface area contributed by atoms with Gasteiger partial charge in [-0.3, -0.25) is 4.98 Å². The zero-order chi connectivity index (χ0) is 25.8. The Hall–Kier alpha value is -1.81. The van der Waals surface area contributed by atoms with Gasteiger partial charge in [-0.2, -0.15) is 0 Å². The Kier molecular flexibility index (Phi) is 9.07. The predicted molar refractivity (Wildman–Crippen MR) is 144 cm³/mol. The summed E-state index contributed by atoms with van der Waals surface area (Å²) >= 11 is 0. The fourth-order valence-corrected chi connectivity index (χ4v) is 4.55. The number of esters is 1. The number of carbonyl (C=O) groups is 1. The van der Waals surface area contributed by atoms with Crippen LogP contribution in [0.25, 0.3) is 0 Å². The summed E-state index contributed by atoms with van der Waals surface area (Å²) in [4.78, 5) is 17.7. The molecule has 1 heterocycles. The molecule has 0 N–H and O–H groups in total. The van der Waals surface area contributed by atoms with E-state index in [1.54, 1.807) is 12.1 Å². The van der Waals surface area contributed by atoms with Gasteiger partial charge < -0.3 is 13.6 Å². The second-order valence-corrected chi connectivity index (χ2v) is 21.6. The lowest BCUT2D eigenvalue weighted by atomic mass is 10.2. The Morgan fingerprint density at radius 2 is 1.21 bits per heavy atom. The second-order valence-electron chi connectivity index (χ2n) is 12.0. The zero-order valence-corrected chi connectivity index (χ0v) is 24.7. The summed E-state index contributed by atoms with van der Waals surface area (Å²) in [5.41, 5.74) is 2.89. The van der Waals surface area contributed by atoms with E-state index in [2.05, 4.69) is 67.7 Å². The molecule has 0 bridgehead atoms. The SMILES string of the molecule is CC(C)(C)[Si](C)(C)OCc1cc(C(=O)OCc2ccccc2)cc(CO[Si](C)(C)C(C)(C)C)n1. The molecule has 0 aliphatic heterocycles. The number of nitrogens with zero attached hydrogens (tertiary/aromatic N) is 1. The van der Waals surface area contributed by atoms with Crippen molar-refractivity contribution in [2.75, 3.05) is 0 Å². The van der Waals surface area contributed by atoms with E-state index < -0.39 is 16.6 Å². The second kappa shape index (κ2) is 10.9. The molecule has 2 rings (SSSR count). The quantitative estimate of drug-likeness (QED) is 0.263. The van der Waals surface area contributed by atoms with Crippen LogP contribution in [0.2, 0.25) is 36.3 Å². The molecule has 1 aromatic carbocycles. The molecule has 0 saturated carbocycles. The van der Waals surface area contributed by atoms with Crippen molar-refractivity contribution in [3.8, 4) is 0 Å². The number of aromatic nitrogens is 1. The van der Waals surface area contributed by atoms with Gasteiger partial charge in [0.25, 0.3) is 0 Å². The van der Waals surface area contributed by atoms with E-state index in [1.165, 1.54) is 0 Å². The van der Waals surface area contributed by atoms with Gasteiger partial charge in [-0.05, 0) is 54.0 Å². The maximum absolute atomic E-state index is 12.9. The third-order valence-electron chi connectivity index (χ3n) is 7.15. The number of pyridine rings is 1. The molecular formula is C27H43NO4Si2. The van der Waals surface area contributed by atoms with Gasteiger partial charge in [-0.15, -0.1) is 0 Å². The monoisotopic (exact) mass is 501 g/mol. The van der Waals surface area contributed by atoms with Gasteiger partial charge in [-0.25, -0.2) is 4.79 Å². The van der Waals surface area contributed by atoms with Crippen LogP contribution in [-0.2, 0) is 33.4 Å². The van der Waals surface area contributed by atoms with Gasteiger partial charge in [0.15, 0.2) is 16.6 Å². The van der Waals surface area contributed by atoms with E-state index in [0.29, 0.717) is 18.8 Å². The first-order valence-corrected chi connectivity index (χ1v) is 17.8. The predicted octanol–water partition coefficient (Wildman–Crippen LogP) is 7.48. The Balaban J connectivity index is 2.26. The summed E-state index contributed by atoms with van der Waals surface area (Å²) in [7, 11) is -3.93. The molecule has 0 aliphatic carbocycles. The van der Waals surface area contributed by atoms with Crippen LogP contribution in [0.3, 0.4) is 0 Å². The summed E-state index contributed by atoms with van der Waals surface area (Å²) in [6.07, 6.45) is 0. The Morgan fingerprint density at radius 3 is 1.62 bits per heavy atom. The van der Waals surface area contributed by atoms with Gasteiger partial charge in [0.1, 0.15) is 6.61 Å². The molecule has 0 fully saturated rings. The normalized spacial score (nSPS) is 13.1. The largest absolute Gasteiger partial charge is 0.457 e. The summed E-state index contributed by atoms with van der Waals surface area (Å²) in [5.74, 6) is -0.367. The number of rotatable bonds is 9. The Morgan fingerprint density at radius 1 is 0.765 bits per heavy atom. The van der Waals surface area contributed by atoms with E-state index in [0.717, 1.165) is 17.0 Å². The van der Waals surface area contributed by atoms with Crippen molar-refractivity contribution >= 4 is 22.6 Å². The number of benzene rings is 1. The van der Waals surface area contributed by atoms with Crippen molar-refractivity contribution in [1.29, 1.82) is 0 Å². The summed E-state index contributed by atoms with van der Waals surface area (Å²) in [6.45, 7) is 23.1. The topological polar surface area (TPSA) is 57.7 Å². The Labute approximate surface area is 208 Å². The molecule has 0 radical (unpaired) electrons. The van der Waals surface area contributed by atoms with Crippen LogP contribution in [0.4, 0.5) is 0 Å². The van der Waals surface area contributed by atoms with Gasteiger partial charge in [0, 0.05) is 0 Å². The third-order valence-corrected chi connectivity index (χ3v) is 16.1. The minimum atomic E-state index is -1.96. The molecule has 0 amide bonds. The molecule has 0 saturated heterocycles. The summed E-state index contributed by atoms with van der Waals surface area (Å²) < 4.78 is 18.4. The maximum atomic E-state index is 12.9. The molecular weight excluding hydrogens is 458 g/mol. The van der Waals surface area contributed by atoms with Crippen molar-refractivity contribution in [3.63, 3.8) is 0 Å². The number of hydrogen-bond donors (Lipinski definition) is 0. The fraction of sp³-hybridized carbons (Fsp3) is 0.556. The van der Waals surface area contributed by atoms with E-state index in [4.69, 9.17) is 18.6 Å². The number of hydrogen-bond acceptors (Lipinski definition) is 5. The number of ether oxygens (including phenoxy) is 1. The van der Waals surface area contributed by atoms with E-state index in [9.17, 15) is 4.79 Å². The van der Waals surface area contributed by atoms with Crippen molar-refractivity contribution in [2.24, 2.45) is 0 Å². The van der Waals surface area contributed by atoms with Crippen LogP contribution in [0.5, 0.6) is 0 Å². The van der Waals surface area contributed by atoms with Crippen LogP contribution in [-0.4, -0.2) is 27.6 Å². The molecule has 0 atom stereocenters. The molecule has 0 aliphatic rings. The van der Waals surface area contributed by atoms with Crippen molar-refractivity contribution < 1.29 is 18.4 Å². The van der Waals surface area contributed by atoms with Crippen LogP contribution in [0.1, 0.15) is 68.9 Å². The van der Waals surface area contributed by atoms with Crippen molar-refractivity contribution in [2.45, 2.75) is 97.6 Å².